The number of aliphatic hydroxyl groups is 2. The van der Waals surface area contributed by atoms with Crippen LogP contribution >= 0.6 is 0 Å². The monoisotopic (exact) mass is 641 g/mol. The van der Waals surface area contributed by atoms with Crippen molar-refractivity contribution in [2.45, 2.75) is 48.9 Å². The number of hydrogen-bond acceptors (Lipinski definition) is 10. The van der Waals surface area contributed by atoms with Crippen molar-refractivity contribution in [3.8, 4) is 0 Å². The van der Waals surface area contributed by atoms with Crippen LogP contribution in [0.5, 0.6) is 0 Å². The van der Waals surface area contributed by atoms with Crippen LogP contribution in [0.2, 0.25) is 0 Å². The lowest BCUT2D eigenvalue weighted by molar-refractivity contribution is -0.447. The predicted octanol–water partition coefficient (Wildman–Crippen LogP) is 3.48. The number of rotatable bonds is 11. The quantitative estimate of drug-likeness (QED) is 0.0726. The summed E-state index contributed by atoms with van der Waals surface area (Å²) in [6.45, 7) is 3.27. The second kappa shape index (κ2) is 12.3. The average molecular weight is 642 g/mol. The van der Waals surface area contributed by atoms with Crippen LogP contribution < -0.4 is 11.3 Å². The van der Waals surface area contributed by atoms with Gasteiger partial charge in [0.2, 0.25) is 17.3 Å². The highest BCUT2D eigenvalue weighted by Crippen LogP contribution is 2.66. The van der Waals surface area contributed by atoms with Crippen LogP contribution in [0.4, 0.5) is 5.95 Å². The Bertz CT molecular complexity index is 1790. The van der Waals surface area contributed by atoms with Crippen molar-refractivity contribution in [1.82, 2.24) is 19.5 Å². The van der Waals surface area contributed by atoms with Gasteiger partial charge in [0.15, 0.2) is 16.9 Å². The fourth-order valence-corrected chi connectivity index (χ4v) is 7.65. The molecule has 12 heteroatoms. The third-order valence-corrected chi connectivity index (χ3v) is 9.16. The largest absolute Gasteiger partial charge is 0.393 e. The number of methoxy groups -OCH3 is 1. The number of nitrogen functional groups attached to an aromatic ring is 1. The van der Waals surface area contributed by atoms with Crippen molar-refractivity contribution >= 4 is 17.1 Å². The number of aliphatic hydroxyl groups excluding tert-OH is 1. The predicted molar refractivity (Wildman–Crippen MR) is 174 cm³/mol. The molecule has 5 aromatic rings. The van der Waals surface area contributed by atoms with E-state index in [-0.39, 0.29) is 29.5 Å². The lowest BCUT2D eigenvalue weighted by Crippen LogP contribution is -2.76. The van der Waals surface area contributed by atoms with Crippen molar-refractivity contribution in [3.05, 3.63) is 124 Å². The minimum atomic E-state index is -2.46. The van der Waals surface area contributed by atoms with Crippen molar-refractivity contribution in [2.75, 3.05) is 26.6 Å². The van der Waals surface area contributed by atoms with Crippen LogP contribution in [-0.4, -0.2) is 68.1 Å². The molecule has 246 valence electrons. The third-order valence-electron chi connectivity index (χ3n) is 9.16. The van der Waals surface area contributed by atoms with E-state index in [4.69, 9.17) is 25.0 Å². The van der Waals surface area contributed by atoms with Gasteiger partial charge in [-0.25, -0.2) is 14.8 Å². The molecule has 0 bridgehead atoms. The molecule has 47 heavy (non-hydrogen) atoms. The number of hydrogen-bond donors (Lipinski definition) is 4. The first kappa shape index (κ1) is 32.5. The first-order valence-electron chi connectivity index (χ1n) is 15.3. The number of aromatic nitrogens is 4. The topological polar surface area (TPSA) is 167 Å². The number of anilines is 1. The van der Waals surface area contributed by atoms with Crippen molar-refractivity contribution in [1.29, 1.82) is 0 Å². The lowest BCUT2D eigenvalue weighted by Gasteiger charge is -2.58. The number of benzene rings is 3. The Morgan fingerprint density at radius 2 is 1.51 bits per heavy atom. The summed E-state index contributed by atoms with van der Waals surface area (Å²) in [5.74, 6) is -2.77. The molecule has 3 aromatic carbocycles. The van der Waals surface area contributed by atoms with Gasteiger partial charge in [-0.2, -0.15) is 4.98 Å². The van der Waals surface area contributed by atoms with E-state index < -0.39 is 40.8 Å². The van der Waals surface area contributed by atoms with Gasteiger partial charge in [0.25, 0.3) is 5.56 Å². The number of H-pyrrole nitrogens is 1. The maximum atomic E-state index is 13.3. The number of aromatic amines is 1. The Labute approximate surface area is 271 Å². The van der Waals surface area contributed by atoms with E-state index in [2.05, 4.69) is 15.0 Å². The van der Waals surface area contributed by atoms with Gasteiger partial charge in [0, 0.05) is 13.5 Å². The number of imidazole rings is 1. The summed E-state index contributed by atoms with van der Waals surface area (Å²) in [7, 11) is 2.66. The van der Waals surface area contributed by atoms with Crippen LogP contribution in [0.3, 0.4) is 0 Å². The maximum absolute atomic E-state index is 13.3. The van der Waals surface area contributed by atoms with Gasteiger partial charge in [-0.1, -0.05) is 105 Å². The summed E-state index contributed by atoms with van der Waals surface area (Å²) in [5, 5.41) is 24.3. The normalized spacial score (nSPS) is 24.7. The summed E-state index contributed by atoms with van der Waals surface area (Å²) >= 11 is 0. The molecule has 0 aliphatic carbocycles. The summed E-state index contributed by atoms with van der Waals surface area (Å²) in [6, 6.07) is 28.6. The number of nitrogens with two attached hydrogens (primary N) is 1. The fraction of sp³-hybridized carbons (Fsp3) is 0.343. The molecule has 0 radical (unpaired) electrons. The Kier molecular flexibility index (Phi) is 8.51. The van der Waals surface area contributed by atoms with Gasteiger partial charge in [0.1, 0.15) is 6.10 Å². The molecule has 4 atom stereocenters. The molecular formula is C35H39N5O7. The maximum Gasteiger partial charge on any atom is 0.280 e. The van der Waals surface area contributed by atoms with Gasteiger partial charge in [-0.3, -0.25) is 14.3 Å². The van der Waals surface area contributed by atoms with Crippen molar-refractivity contribution in [3.63, 3.8) is 0 Å². The molecule has 1 aliphatic heterocycles. The molecule has 3 heterocycles. The smallest absolute Gasteiger partial charge is 0.280 e. The Morgan fingerprint density at radius 3 is 1.96 bits per heavy atom. The van der Waals surface area contributed by atoms with E-state index in [0.717, 1.165) is 0 Å². The zero-order valence-corrected chi connectivity index (χ0v) is 26.7. The third kappa shape index (κ3) is 4.48. The molecule has 12 nitrogen and oxygen atoms in total. The molecule has 1 fully saturated rings. The zero-order valence-electron chi connectivity index (χ0n) is 26.7. The van der Waals surface area contributed by atoms with E-state index in [1.165, 1.54) is 20.5 Å². The molecule has 5 N–H and O–H groups in total. The van der Waals surface area contributed by atoms with Gasteiger partial charge >= 0.3 is 0 Å². The van der Waals surface area contributed by atoms with Gasteiger partial charge in [-0.05, 0) is 22.6 Å². The molecule has 0 spiro atoms. The Hall–Kier alpha value is -4.43. The molecule has 6 rings (SSSR count). The molecule has 0 amide bonds. The highest BCUT2D eigenvalue weighted by Gasteiger charge is 2.85. The molecule has 0 unspecified atom stereocenters. The minimum absolute atomic E-state index is 0.0182. The van der Waals surface area contributed by atoms with Crippen LogP contribution in [-0.2, 0) is 30.4 Å². The molecular weight excluding hydrogens is 602 g/mol. The summed E-state index contributed by atoms with van der Waals surface area (Å²) in [5.41, 5.74) is 2.00. The summed E-state index contributed by atoms with van der Waals surface area (Å²) in [6.07, 6.45) is 0.102. The van der Waals surface area contributed by atoms with Crippen LogP contribution in [0.1, 0.15) is 37.0 Å². The van der Waals surface area contributed by atoms with Gasteiger partial charge in [0.05, 0.1) is 25.5 Å². The number of fused-ring (bicyclic) bond motifs is 1. The first-order valence-corrected chi connectivity index (χ1v) is 15.3. The van der Waals surface area contributed by atoms with E-state index >= 15 is 0 Å². The van der Waals surface area contributed by atoms with Crippen LogP contribution in [0.25, 0.3) is 11.2 Å². The Morgan fingerprint density at radius 1 is 0.979 bits per heavy atom. The molecule has 1 aliphatic rings. The van der Waals surface area contributed by atoms with Crippen molar-refractivity contribution < 1.29 is 29.5 Å². The van der Waals surface area contributed by atoms with E-state index in [1.807, 2.05) is 105 Å². The SMILES string of the molecule is COO[C@]1(C(c2ccccc2)(c2ccccc2)c2ccccc2)[C@@](O)(OC)[C@@H](CO)O[C@@]1(CC(C)C)n1cnc2c(=O)[nH]c(N)nc21. The van der Waals surface area contributed by atoms with Crippen LogP contribution in [0.15, 0.2) is 102 Å². The highest BCUT2D eigenvalue weighted by atomic mass is 17.2. The summed E-state index contributed by atoms with van der Waals surface area (Å²) < 4.78 is 14.7. The lowest BCUT2D eigenvalue weighted by atomic mass is 9.52. The number of ether oxygens (including phenoxy) is 2. The molecule has 0 saturated carbocycles. The van der Waals surface area contributed by atoms with E-state index in [9.17, 15) is 15.0 Å². The Balaban J connectivity index is 1.94. The highest BCUT2D eigenvalue weighted by molar-refractivity contribution is 5.71. The molecule has 1 saturated heterocycles. The minimum Gasteiger partial charge on any atom is -0.393 e. The van der Waals surface area contributed by atoms with Gasteiger partial charge in [-0.15, -0.1) is 0 Å². The fourth-order valence-electron chi connectivity index (χ4n) is 7.65. The first-order chi connectivity index (χ1) is 22.7. The average Bonchev–Trinajstić information content (AvgIpc) is 3.60. The molecule has 2 aromatic heterocycles. The zero-order chi connectivity index (χ0) is 33.5. The van der Waals surface area contributed by atoms with Crippen LogP contribution in [0, 0.1) is 5.92 Å². The number of nitrogens with one attached hydrogen (secondary N) is 1. The second-order valence-corrected chi connectivity index (χ2v) is 12.1. The standard InChI is InChI=1S/C35H39N5O7/c1-23(2)20-32(40-22-37-28-29(40)38-31(36)39-30(28)42)35(47-45-4,34(43,44-3)27(21-41)46-32)33(24-14-8-5-9-15-24,25-16-10-6-11-17-25)26-18-12-7-13-19-26/h5-19,22-23,27,41,43H,20-21H2,1-4H3,(H3,36,38,39,42)/t27-,32-,34+,35-/m1/s1. The van der Waals surface area contributed by atoms with E-state index in [0.29, 0.717) is 16.7 Å². The van der Waals surface area contributed by atoms with Crippen molar-refractivity contribution in [2.24, 2.45) is 5.92 Å². The second-order valence-electron chi connectivity index (χ2n) is 12.1. The number of nitrogens with zero attached hydrogens (tertiary/aromatic N) is 3. The van der Waals surface area contributed by atoms with E-state index in [1.54, 1.807) is 4.57 Å². The van der Waals surface area contributed by atoms with Gasteiger partial charge < -0.3 is 25.4 Å². The summed E-state index contributed by atoms with van der Waals surface area (Å²) in [4.78, 5) is 37.0.